The molecule has 7 aromatic carbocycles. The molecular weight excluding hydrogens is 778 g/mol. The Kier molecular flexibility index (Phi) is 6.95. The molecule has 0 spiro atoms. The second kappa shape index (κ2) is 11.6. The third-order valence-corrected chi connectivity index (χ3v) is 15.3. The number of rotatable bonds is 2. The smallest absolute Gasteiger partial charge is 0.311 e. The highest BCUT2D eigenvalue weighted by molar-refractivity contribution is 7.06. The lowest BCUT2D eigenvalue weighted by Gasteiger charge is -2.43. The zero-order valence-corrected chi connectivity index (χ0v) is 37.5. The second-order valence-electron chi connectivity index (χ2n) is 21.5. The summed E-state index contributed by atoms with van der Waals surface area (Å²) in [6, 6.07) is 34.9. The molecule has 0 radical (unpaired) electrons. The fourth-order valence-electron chi connectivity index (χ4n) is 12.9. The van der Waals surface area contributed by atoms with E-state index in [-0.39, 0.29) is 17.5 Å². The van der Waals surface area contributed by atoms with Crippen molar-refractivity contribution in [1.82, 2.24) is 9.13 Å². The van der Waals surface area contributed by atoms with Gasteiger partial charge in [0.25, 0.3) is 6.71 Å². The number of nitrogens with zero attached hydrogens (tertiary/aromatic N) is 2. The quantitative estimate of drug-likeness (QED) is 0.160. The summed E-state index contributed by atoms with van der Waals surface area (Å²) in [7, 11) is 0. The molecule has 0 saturated carbocycles. The van der Waals surface area contributed by atoms with Gasteiger partial charge in [0.05, 0.1) is 5.56 Å². The van der Waals surface area contributed by atoms with Crippen LogP contribution in [-0.2, 0) is 17.0 Å². The van der Waals surface area contributed by atoms with E-state index in [4.69, 9.17) is 0 Å². The second-order valence-corrected chi connectivity index (χ2v) is 21.5. The normalized spacial score (nSPS) is 14.7. The van der Waals surface area contributed by atoms with Gasteiger partial charge in [0.1, 0.15) is 0 Å². The molecule has 0 amide bonds. The molecule has 6 heterocycles. The van der Waals surface area contributed by atoms with Crippen LogP contribution in [0.1, 0.15) is 80.5 Å². The summed E-state index contributed by atoms with van der Waals surface area (Å²) in [5.74, 6) is 0. The van der Waals surface area contributed by atoms with Crippen molar-refractivity contribution in [2.45, 2.75) is 86.2 Å². The number of halogens is 3. The number of hydrogen-bond acceptors (Lipinski definition) is 0. The zero-order chi connectivity index (χ0) is 43.7. The van der Waals surface area contributed by atoms with Crippen molar-refractivity contribution in [3.8, 4) is 11.4 Å². The summed E-state index contributed by atoms with van der Waals surface area (Å²) in [5, 5.41) is 4.48. The van der Waals surface area contributed by atoms with E-state index in [2.05, 4.69) is 175 Å². The van der Waals surface area contributed by atoms with Gasteiger partial charge in [0.15, 0.2) is 0 Å². The third kappa shape index (κ3) is 4.60. The fourth-order valence-corrected chi connectivity index (χ4v) is 12.9. The molecule has 0 bridgehead atoms. The van der Waals surface area contributed by atoms with E-state index in [1.54, 1.807) is 0 Å². The van der Waals surface area contributed by atoms with Crippen LogP contribution in [0.15, 0.2) is 97.1 Å². The lowest BCUT2D eigenvalue weighted by atomic mass is 9.26. The SMILES string of the molecule is Cc1cc2c3c(c1)c1cc(C)cc4c1n3-c1c3c5c(c(C(F)(F)F)c1B2c1cccc(C(C)(C)C)c1)B(c1cccc(C(C)(C)C)c1)c1ccc(C)c2c6cc(C)cc(c6n-5c12)B34. The first kappa shape index (κ1) is 37.7. The molecule has 306 valence electrons. The van der Waals surface area contributed by atoms with Crippen LogP contribution in [0.2, 0.25) is 0 Å². The molecule has 2 aromatic heterocycles. The Morgan fingerprint density at radius 1 is 0.444 bits per heavy atom. The average Bonchev–Trinajstić information content (AvgIpc) is 3.72. The number of aromatic nitrogens is 2. The van der Waals surface area contributed by atoms with E-state index in [9.17, 15) is 0 Å². The Bertz CT molecular complexity index is 3650. The third-order valence-electron chi connectivity index (χ3n) is 15.3. The molecule has 63 heavy (non-hydrogen) atoms. The van der Waals surface area contributed by atoms with Gasteiger partial charge in [0.2, 0.25) is 13.4 Å². The van der Waals surface area contributed by atoms with Gasteiger partial charge in [-0.3, -0.25) is 0 Å². The number of aryl methyl sites for hydroxylation is 4. The molecule has 2 nitrogen and oxygen atoms in total. The molecule has 0 N–H and O–H groups in total. The van der Waals surface area contributed by atoms with Gasteiger partial charge in [-0.1, -0.05) is 148 Å². The highest BCUT2D eigenvalue weighted by Gasteiger charge is 2.55. The maximum atomic E-state index is 17.5. The predicted molar refractivity (Wildman–Crippen MR) is 263 cm³/mol. The van der Waals surface area contributed by atoms with Crippen LogP contribution in [-0.4, -0.2) is 29.3 Å². The maximum absolute atomic E-state index is 17.5. The molecule has 0 unspecified atom stereocenters. The summed E-state index contributed by atoms with van der Waals surface area (Å²) in [6.45, 7) is 20.1. The first-order valence-electron chi connectivity index (χ1n) is 22.5. The van der Waals surface area contributed by atoms with Crippen LogP contribution < -0.4 is 49.2 Å². The van der Waals surface area contributed by atoms with Gasteiger partial charge >= 0.3 is 6.18 Å². The van der Waals surface area contributed by atoms with E-state index in [1.807, 2.05) is 0 Å². The first-order valence-corrected chi connectivity index (χ1v) is 22.5. The van der Waals surface area contributed by atoms with Crippen LogP contribution in [0.4, 0.5) is 13.2 Å². The van der Waals surface area contributed by atoms with Crippen molar-refractivity contribution in [1.29, 1.82) is 0 Å². The summed E-state index contributed by atoms with van der Waals surface area (Å²) in [4.78, 5) is 0. The Hall–Kier alpha value is -5.88. The maximum Gasteiger partial charge on any atom is 0.415 e. The predicted octanol–water partition coefficient (Wildman–Crippen LogP) is 7.53. The van der Waals surface area contributed by atoms with Crippen molar-refractivity contribution in [3.63, 3.8) is 0 Å². The molecule has 13 rings (SSSR count). The standard InChI is InChI=1S/C55H46B3F3N2/c1-27-19-35-36-20-28(2)23-40-48(36)62-47(35)39(22-27)57(34-16-12-14-32(26-34)54(8,9)10)45-43(55(59,60)61)44-52-46(51(45)62)58(40)41-24-29(3)21-37-42-30(4)17-18-38(50(42)63(52)49(37)41)56(44)33-15-11-13-31(25-33)53(5,6)7/h11-26H,1-10H3. The molecular formula is C55H46B3F3N2. The Balaban J connectivity index is 1.34. The zero-order valence-electron chi connectivity index (χ0n) is 37.5. The summed E-state index contributed by atoms with van der Waals surface area (Å²) in [6.07, 6.45) is -4.70. The van der Waals surface area contributed by atoms with Gasteiger partial charge in [-0.2, -0.15) is 13.2 Å². The van der Waals surface area contributed by atoms with Crippen LogP contribution in [0.3, 0.4) is 0 Å². The highest BCUT2D eigenvalue weighted by atomic mass is 19.4. The van der Waals surface area contributed by atoms with Crippen LogP contribution in [0.5, 0.6) is 0 Å². The largest absolute Gasteiger partial charge is 0.415 e. The van der Waals surface area contributed by atoms with Gasteiger partial charge in [0, 0.05) is 55.0 Å². The van der Waals surface area contributed by atoms with Crippen molar-refractivity contribution < 1.29 is 13.2 Å². The summed E-state index contributed by atoms with van der Waals surface area (Å²) in [5.41, 5.74) is 19.2. The Labute approximate surface area is 367 Å². The summed E-state index contributed by atoms with van der Waals surface area (Å²) < 4.78 is 57.0. The van der Waals surface area contributed by atoms with Crippen molar-refractivity contribution in [2.24, 2.45) is 0 Å². The fraction of sp³-hybridized carbons (Fsp3) is 0.236. The molecule has 0 aliphatic carbocycles. The molecule has 4 aliphatic heterocycles. The van der Waals surface area contributed by atoms with Crippen molar-refractivity contribution in [3.05, 3.63) is 136 Å². The molecule has 0 fully saturated rings. The van der Waals surface area contributed by atoms with Gasteiger partial charge in [-0.25, -0.2) is 0 Å². The first-order chi connectivity index (χ1) is 29.8. The lowest BCUT2D eigenvalue weighted by molar-refractivity contribution is -0.135. The Morgan fingerprint density at radius 3 is 1.38 bits per heavy atom. The molecule has 0 saturated heterocycles. The highest BCUT2D eigenvalue weighted by Crippen LogP contribution is 2.44. The Morgan fingerprint density at radius 2 is 0.889 bits per heavy atom. The number of fused-ring (bicyclic) bond motifs is 4. The average molecular weight is 824 g/mol. The van der Waals surface area contributed by atoms with Crippen molar-refractivity contribution in [2.75, 3.05) is 0 Å². The van der Waals surface area contributed by atoms with Crippen LogP contribution in [0.25, 0.3) is 55.0 Å². The molecule has 8 heteroatoms. The minimum absolute atomic E-state index is 0.208. The minimum atomic E-state index is -4.70. The van der Waals surface area contributed by atoms with Crippen LogP contribution in [0, 0.1) is 27.7 Å². The van der Waals surface area contributed by atoms with Gasteiger partial charge in [-0.15, -0.1) is 0 Å². The molecule has 0 atom stereocenters. The van der Waals surface area contributed by atoms with E-state index >= 15 is 13.2 Å². The van der Waals surface area contributed by atoms with Gasteiger partial charge in [-0.05, 0) is 112 Å². The van der Waals surface area contributed by atoms with E-state index in [1.165, 1.54) is 10.9 Å². The molecule has 9 aromatic rings. The van der Waals surface area contributed by atoms with Crippen molar-refractivity contribution >= 4 is 113 Å². The lowest BCUT2D eigenvalue weighted by Crippen LogP contribution is -2.71. The number of alkyl halides is 3. The van der Waals surface area contributed by atoms with E-state index in [0.717, 1.165) is 116 Å². The molecule has 4 aliphatic rings. The summed E-state index contributed by atoms with van der Waals surface area (Å²) >= 11 is 0. The minimum Gasteiger partial charge on any atom is -0.311 e. The monoisotopic (exact) mass is 824 g/mol. The van der Waals surface area contributed by atoms with Crippen LogP contribution >= 0.6 is 0 Å². The number of hydrogen-bond donors (Lipinski definition) is 0. The van der Waals surface area contributed by atoms with E-state index in [0.29, 0.717) is 10.9 Å². The topological polar surface area (TPSA) is 9.86 Å². The van der Waals surface area contributed by atoms with Gasteiger partial charge < -0.3 is 9.13 Å². The van der Waals surface area contributed by atoms with E-state index < -0.39 is 25.2 Å². The number of benzene rings is 7.